The molecule has 4 aromatic rings. The summed E-state index contributed by atoms with van der Waals surface area (Å²) in [5, 5.41) is 19.1. The van der Waals surface area contributed by atoms with Gasteiger partial charge in [0.2, 0.25) is 0 Å². The van der Waals surface area contributed by atoms with Gasteiger partial charge in [-0.1, -0.05) is 20.8 Å². The minimum Gasteiger partial charge on any atom is -0.352 e. The summed E-state index contributed by atoms with van der Waals surface area (Å²) in [7, 11) is 5.95. The van der Waals surface area contributed by atoms with Crippen molar-refractivity contribution in [1.29, 1.82) is 0 Å². The molecule has 2 N–H and O–H groups in total. The number of piperazine rings is 1. The maximum atomic E-state index is 13.8. The van der Waals surface area contributed by atoms with Crippen molar-refractivity contribution in [3.63, 3.8) is 0 Å². The van der Waals surface area contributed by atoms with Gasteiger partial charge in [-0.3, -0.25) is 24.1 Å². The maximum Gasteiger partial charge on any atom is 0.277 e. The number of carbonyl (C=O) groups excluding carboxylic acids is 2. The summed E-state index contributed by atoms with van der Waals surface area (Å²) >= 11 is 1.36. The van der Waals surface area contributed by atoms with Crippen molar-refractivity contribution in [2.24, 2.45) is 0 Å². The average Bonchev–Trinajstić information content (AvgIpc) is 3.64. The lowest BCUT2D eigenvalue weighted by molar-refractivity contribution is -0.862. The number of anilines is 2. The van der Waals surface area contributed by atoms with Gasteiger partial charge in [-0.05, 0) is 29.5 Å². The standard InChI is InChI=1S/C28H35N11O3S/c1-28(2,3)20-17-43-27(29-20)31-25(41)18-9-10-38-22(15-18)30-24(19(26(38)42)7-8-21-32-34-35-33-21)37-13-11-36(12-14-37)23(40)16-39(4,5)6/h7-10,15,17H,11-14,16H2,1-6H3,(H-,29,31,32,33,34,35,41)/p+1. The van der Waals surface area contributed by atoms with Crippen molar-refractivity contribution in [2.75, 3.05) is 64.1 Å². The molecule has 14 nitrogen and oxygen atoms in total. The first kappa shape index (κ1) is 30.0. The Morgan fingerprint density at radius 3 is 2.49 bits per heavy atom. The highest BCUT2D eigenvalue weighted by atomic mass is 32.1. The summed E-state index contributed by atoms with van der Waals surface area (Å²) in [6.45, 7) is 8.58. The van der Waals surface area contributed by atoms with Gasteiger partial charge in [-0.25, -0.2) is 9.97 Å². The summed E-state index contributed by atoms with van der Waals surface area (Å²) in [6.07, 6.45) is 4.74. The fraction of sp³-hybridized carbons (Fsp3) is 0.429. The molecule has 1 aliphatic heterocycles. The summed E-state index contributed by atoms with van der Waals surface area (Å²) in [5.74, 6) is 0.505. The topological polar surface area (TPSA) is 154 Å². The first-order valence-electron chi connectivity index (χ1n) is 13.9. The molecule has 1 fully saturated rings. The number of aromatic amines is 1. The van der Waals surface area contributed by atoms with Gasteiger partial charge in [0.15, 0.2) is 17.5 Å². The zero-order chi connectivity index (χ0) is 30.9. The minimum atomic E-state index is -0.349. The number of pyridine rings is 1. The third-order valence-corrected chi connectivity index (χ3v) is 7.66. The molecule has 0 spiro atoms. The Morgan fingerprint density at radius 2 is 1.86 bits per heavy atom. The number of hydrogen-bond donors (Lipinski definition) is 2. The van der Waals surface area contributed by atoms with Crippen LogP contribution >= 0.6 is 11.3 Å². The lowest BCUT2D eigenvalue weighted by Gasteiger charge is -2.37. The molecule has 226 valence electrons. The summed E-state index contributed by atoms with van der Waals surface area (Å²) < 4.78 is 1.95. The summed E-state index contributed by atoms with van der Waals surface area (Å²) in [6, 6.07) is 3.17. The first-order valence-corrected chi connectivity index (χ1v) is 14.7. The van der Waals surface area contributed by atoms with Crippen LogP contribution in [0.5, 0.6) is 0 Å². The van der Waals surface area contributed by atoms with E-state index >= 15 is 0 Å². The Balaban J connectivity index is 1.46. The number of fused-ring (bicyclic) bond motifs is 1. The Morgan fingerprint density at radius 1 is 1.12 bits per heavy atom. The van der Waals surface area contributed by atoms with Crippen LogP contribution in [0.2, 0.25) is 0 Å². The number of quaternary nitrogens is 1. The van der Waals surface area contributed by atoms with Crippen molar-refractivity contribution < 1.29 is 14.1 Å². The Kier molecular flexibility index (Phi) is 8.12. The number of nitrogens with zero attached hydrogens (tertiary/aromatic N) is 9. The smallest absolute Gasteiger partial charge is 0.277 e. The van der Waals surface area contributed by atoms with Gasteiger partial charge >= 0.3 is 0 Å². The van der Waals surface area contributed by atoms with Crippen LogP contribution in [0.1, 0.15) is 48.2 Å². The van der Waals surface area contributed by atoms with Crippen molar-refractivity contribution in [3.05, 3.63) is 56.7 Å². The molecule has 4 aromatic heterocycles. The second-order valence-corrected chi connectivity index (χ2v) is 13.3. The highest BCUT2D eigenvalue weighted by molar-refractivity contribution is 7.14. The fourth-order valence-corrected chi connectivity index (χ4v) is 5.52. The monoisotopic (exact) mass is 606 g/mol. The lowest BCUT2D eigenvalue weighted by Crippen LogP contribution is -2.53. The summed E-state index contributed by atoms with van der Waals surface area (Å²) in [4.78, 5) is 52.9. The van der Waals surface area contributed by atoms with Crippen LogP contribution in [0.15, 0.2) is 28.5 Å². The Hall–Kier alpha value is -4.50. The van der Waals surface area contributed by atoms with Gasteiger partial charge in [0.1, 0.15) is 11.5 Å². The third-order valence-electron chi connectivity index (χ3n) is 6.90. The van der Waals surface area contributed by atoms with Gasteiger partial charge in [-0.2, -0.15) is 5.21 Å². The summed E-state index contributed by atoms with van der Waals surface area (Å²) in [5.41, 5.74) is 1.45. The van der Waals surface area contributed by atoms with Crippen molar-refractivity contribution in [2.45, 2.75) is 26.2 Å². The van der Waals surface area contributed by atoms with Crippen LogP contribution in [0.3, 0.4) is 0 Å². The molecule has 1 aliphatic rings. The molecule has 2 amide bonds. The molecular formula is C28H36N11O3S+. The van der Waals surface area contributed by atoms with Crippen molar-refractivity contribution in [1.82, 2.24) is 39.9 Å². The van der Waals surface area contributed by atoms with Crippen LogP contribution in [-0.2, 0) is 10.2 Å². The second-order valence-electron chi connectivity index (χ2n) is 12.5. The number of carbonyl (C=O) groups is 2. The number of tetrazole rings is 1. The molecule has 15 heteroatoms. The molecule has 0 bridgehead atoms. The highest BCUT2D eigenvalue weighted by Crippen LogP contribution is 2.27. The number of hydrogen-bond acceptors (Lipinski definition) is 10. The first-order chi connectivity index (χ1) is 20.3. The molecule has 1 saturated heterocycles. The molecule has 0 atom stereocenters. The van der Waals surface area contributed by atoms with Crippen LogP contribution in [0, 0.1) is 0 Å². The van der Waals surface area contributed by atoms with Gasteiger partial charge in [0.05, 0.1) is 32.4 Å². The molecular weight excluding hydrogens is 570 g/mol. The SMILES string of the molecule is CC(C)(C)c1csc(NC(=O)c2ccn3c(=O)c(C=Cc4nn[nH]n4)c(N4CCN(C(=O)C[N+](C)(C)C)CC4)nc3c2)n1. The van der Waals surface area contributed by atoms with Crippen molar-refractivity contribution in [3.8, 4) is 0 Å². The molecule has 43 heavy (non-hydrogen) atoms. The Bertz CT molecular complexity index is 1720. The van der Waals surface area contributed by atoms with Crippen LogP contribution in [0.25, 0.3) is 17.8 Å². The molecule has 5 heterocycles. The van der Waals surface area contributed by atoms with Gasteiger partial charge in [0.25, 0.3) is 17.4 Å². The van der Waals surface area contributed by atoms with E-state index in [1.165, 1.54) is 15.7 Å². The predicted molar refractivity (Wildman–Crippen MR) is 165 cm³/mol. The number of nitrogens with one attached hydrogen (secondary N) is 2. The second kappa shape index (κ2) is 11.6. The normalized spacial score (nSPS) is 14.6. The number of thiazole rings is 1. The third kappa shape index (κ3) is 6.94. The van der Waals surface area contributed by atoms with Gasteiger partial charge in [-0.15, -0.1) is 21.5 Å². The van der Waals surface area contributed by atoms with E-state index in [-0.39, 0.29) is 22.8 Å². The Labute approximate surface area is 252 Å². The zero-order valence-corrected chi connectivity index (χ0v) is 26.0. The van der Waals surface area contributed by atoms with E-state index in [0.29, 0.717) is 70.8 Å². The van der Waals surface area contributed by atoms with E-state index in [2.05, 4.69) is 51.7 Å². The number of aromatic nitrogens is 7. The lowest BCUT2D eigenvalue weighted by atomic mass is 9.93. The van der Waals surface area contributed by atoms with E-state index in [0.717, 1.165) is 5.69 Å². The van der Waals surface area contributed by atoms with Crippen molar-refractivity contribution >= 4 is 51.9 Å². The quantitative estimate of drug-likeness (QED) is 0.299. The number of amides is 2. The molecule has 0 aliphatic carbocycles. The molecule has 5 rings (SSSR count). The van der Waals surface area contributed by atoms with E-state index in [4.69, 9.17) is 4.98 Å². The molecule has 0 radical (unpaired) electrons. The maximum absolute atomic E-state index is 13.8. The van der Waals surface area contributed by atoms with Crippen LogP contribution in [-0.4, -0.2) is 110 Å². The highest BCUT2D eigenvalue weighted by Gasteiger charge is 2.27. The molecule has 0 unspecified atom stereocenters. The van der Waals surface area contributed by atoms with Gasteiger partial charge in [0, 0.05) is 48.7 Å². The van der Waals surface area contributed by atoms with Gasteiger partial charge < -0.3 is 14.3 Å². The number of H-pyrrole nitrogens is 1. The zero-order valence-electron chi connectivity index (χ0n) is 25.2. The van der Waals surface area contributed by atoms with Crippen LogP contribution < -0.4 is 15.8 Å². The minimum absolute atomic E-state index is 0.0846. The van der Waals surface area contributed by atoms with E-state index in [9.17, 15) is 14.4 Å². The fourth-order valence-electron chi connectivity index (χ4n) is 4.58. The number of likely N-dealkylation sites (N-methyl/N-ethyl adjacent to an activating group) is 1. The molecule has 0 aromatic carbocycles. The molecule has 0 saturated carbocycles. The number of rotatable bonds is 7. The predicted octanol–water partition coefficient (Wildman–Crippen LogP) is 1.74. The van der Waals surface area contributed by atoms with E-state index in [1.54, 1.807) is 30.5 Å². The average molecular weight is 607 g/mol. The largest absolute Gasteiger partial charge is 0.352 e. The van der Waals surface area contributed by atoms with E-state index < -0.39 is 0 Å². The van der Waals surface area contributed by atoms with E-state index in [1.807, 2.05) is 36.3 Å². The van der Waals surface area contributed by atoms with Crippen LogP contribution in [0.4, 0.5) is 10.9 Å².